The van der Waals surface area contributed by atoms with Gasteiger partial charge in [-0.2, -0.15) is 0 Å². The lowest BCUT2D eigenvalue weighted by Gasteiger charge is -2.33. The maximum atomic E-state index is 11.5. The fraction of sp³-hybridized carbons (Fsp3) is 0.583. The van der Waals surface area contributed by atoms with Crippen LogP contribution in [-0.2, 0) is 11.3 Å². The lowest BCUT2D eigenvalue weighted by Crippen LogP contribution is -2.49. The minimum Gasteiger partial charge on any atom is -0.463 e. The third-order valence-electron chi connectivity index (χ3n) is 3.13. The Balaban J connectivity index is 2.07. The molecular weight excluding hydrogens is 220 g/mol. The van der Waals surface area contributed by atoms with Crippen molar-refractivity contribution >= 4 is 5.97 Å². The Morgan fingerprint density at radius 3 is 3.24 bits per heavy atom. The second kappa shape index (κ2) is 5.33. The van der Waals surface area contributed by atoms with Crippen molar-refractivity contribution in [2.45, 2.75) is 19.5 Å². The van der Waals surface area contributed by atoms with E-state index < -0.39 is 5.97 Å². The first kappa shape index (κ1) is 12.1. The van der Waals surface area contributed by atoms with E-state index in [0.29, 0.717) is 11.8 Å². The number of esters is 1. The van der Waals surface area contributed by atoms with Crippen LogP contribution in [0.1, 0.15) is 23.0 Å². The molecule has 1 aromatic rings. The van der Waals surface area contributed by atoms with Gasteiger partial charge in [0, 0.05) is 37.8 Å². The predicted octanol–water partition coefficient (Wildman–Crippen LogP) is 0.860. The second-order valence-electron chi connectivity index (χ2n) is 4.29. The normalized spacial score (nSPS) is 21.4. The molecule has 1 atom stereocenters. The number of nitrogens with one attached hydrogen (secondary N) is 1. The third kappa shape index (κ3) is 2.68. The molecular formula is C12H18N2O3. The predicted molar refractivity (Wildman–Crippen MR) is 62.8 cm³/mol. The highest BCUT2D eigenvalue weighted by molar-refractivity contribution is 5.87. The Labute approximate surface area is 101 Å². The molecule has 0 radical (unpaired) electrons. The Morgan fingerprint density at radius 1 is 1.71 bits per heavy atom. The zero-order valence-electron chi connectivity index (χ0n) is 10.2. The Bertz CT molecular complexity index is 389. The maximum absolute atomic E-state index is 11.5. The average molecular weight is 238 g/mol. The molecule has 5 nitrogen and oxygen atoms in total. The van der Waals surface area contributed by atoms with E-state index in [-0.39, 0.29) is 0 Å². The van der Waals surface area contributed by atoms with Crippen LogP contribution in [0.2, 0.25) is 0 Å². The monoisotopic (exact) mass is 238 g/mol. The van der Waals surface area contributed by atoms with Gasteiger partial charge in [-0.3, -0.25) is 4.90 Å². The van der Waals surface area contributed by atoms with Gasteiger partial charge in [0.2, 0.25) is 5.76 Å². The highest BCUT2D eigenvalue weighted by Gasteiger charge is 2.22. The van der Waals surface area contributed by atoms with Crippen molar-refractivity contribution in [1.82, 2.24) is 10.2 Å². The van der Waals surface area contributed by atoms with E-state index in [1.54, 1.807) is 0 Å². The van der Waals surface area contributed by atoms with Gasteiger partial charge in [0.05, 0.1) is 13.4 Å². The van der Waals surface area contributed by atoms with Crippen LogP contribution in [0.15, 0.2) is 16.7 Å². The summed E-state index contributed by atoms with van der Waals surface area (Å²) >= 11 is 0. The highest BCUT2D eigenvalue weighted by Crippen LogP contribution is 2.16. The molecule has 2 rings (SSSR count). The van der Waals surface area contributed by atoms with Crippen molar-refractivity contribution < 1.29 is 13.9 Å². The van der Waals surface area contributed by atoms with Gasteiger partial charge in [-0.05, 0) is 13.0 Å². The van der Waals surface area contributed by atoms with Gasteiger partial charge < -0.3 is 14.5 Å². The van der Waals surface area contributed by atoms with Crippen LogP contribution in [0, 0.1) is 0 Å². The Morgan fingerprint density at radius 2 is 2.53 bits per heavy atom. The van der Waals surface area contributed by atoms with Gasteiger partial charge in [0.25, 0.3) is 0 Å². The molecule has 0 bridgehead atoms. The lowest BCUT2D eigenvalue weighted by atomic mass is 10.1. The summed E-state index contributed by atoms with van der Waals surface area (Å²) in [7, 11) is 1.36. The van der Waals surface area contributed by atoms with E-state index in [0.717, 1.165) is 31.7 Å². The average Bonchev–Trinajstić information content (AvgIpc) is 2.79. The standard InChI is InChI=1S/C12H18N2O3/c1-9-7-13-4-5-14(9)8-10-3-6-17-11(10)12(15)16-2/h3,6,9,13H,4-5,7-8H2,1-2H3. The van der Waals surface area contributed by atoms with E-state index in [4.69, 9.17) is 4.42 Å². The number of furan rings is 1. The van der Waals surface area contributed by atoms with Crippen LogP contribution in [0.5, 0.6) is 0 Å². The minimum absolute atomic E-state index is 0.318. The van der Waals surface area contributed by atoms with Crippen LogP contribution in [0.25, 0.3) is 0 Å². The molecule has 0 aliphatic carbocycles. The number of ether oxygens (including phenoxy) is 1. The molecule has 0 spiro atoms. The van der Waals surface area contributed by atoms with E-state index >= 15 is 0 Å². The topological polar surface area (TPSA) is 54.7 Å². The van der Waals surface area contributed by atoms with Crippen molar-refractivity contribution in [2.75, 3.05) is 26.7 Å². The summed E-state index contributed by atoms with van der Waals surface area (Å²) in [6.45, 7) is 5.84. The van der Waals surface area contributed by atoms with E-state index in [1.807, 2.05) is 6.07 Å². The quantitative estimate of drug-likeness (QED) is 0.791. The SMILES string of the molecule is COC(=O)c1occc1CN1CCNCC1C. The van der Waals surface area contributed by atoms with Crippen molar-refractivity contribution in [1.29, 1.82) is 0 Å². The summed E-state index contributed by atoms with van der Waals surface area (Å²) in [6.07, 6.45) is 1.54. The molecule has 1 fully saturated rings. The summed E-state index contributed by atoms with van der Waals surface area (Å²) in [6, 6.07) is 2.30. The van der Waals surface area contributed by atoms with Crippen LogP contribution in [0.3, 0.4) is 0 Å². The fourth-order valence-corrected chi connectivity index (χ4v) is 2.07. The van der Waals surface area contributed by atoms with Gasteiger partial charge in [0.15, 0.2) is 0 Å². The van der Waals surface area contributed by atoms with Gasteiger partial charge in [-0.25, -0.2) is 4.79 Å². The smallest absolute Gasteiger partial charge is 0.374 e. The minimum atomic E-state index is -0.409. The number of carbonyl (C=O) groups excluding carboxylic acids is 1. The van der Waals surface area contributed by atoms with E-state index in [2.05, 4.69) is 21.9 Å². The summed E-state index contributed by atoms with van der Waals surface area (Å²) in [5, 5.41) is 3.34. The molecule has 1 saturated heterocycles. The number of methoxy groups -OCH3 is 1. The molecule has 0 amide bonds. The fourth-order valence-electron chi connectivity index (χ4n) is 2.07. The zero-order valence-corrected chi connectivity index (χ0v) is 10.2. The molecule has 17 heavy (non-hydrogen) atoms. The molecule has 1 unspecified atom stereocenters. The van der Waals surface area contributed by atoms with Crippen molar-refractivity contribution in [3.8, 4) is 0 Å². The maximum Gasteiger partial charge on any atom is 0.374 e. The summed E-state index contributed by atoms with van der Waals surface area (Å²) in [4.78, 5) is 13.8. The lowest BCUT2D eigenvalue weighted by molar-refractivity contribution is 0.0560. The highest BCUT2D eigenvalue weighted by atomic mass is 16.5. The summed E-state index contributed by atoms with van der Waals surface area (Å²) in [5.41, 5.74) is 0.894. The first-order valence-electron chi connectivity index (χ1n) is 5.82. The molecule has 0 aromatic carbocycles. The molecule has 0 saturated carbocycles. The van der Waals surface area contributed by atoms with Crippen molar-refractivity contribution in [3.05, 3.63) is 23.7 Å². The number of nitrogens with zero attached hydrogens (tertiary/aromatic N) is 1. The molecule has 1 aliphatic rings. The number of rotatable bonds is 3. The number of hydrogen-bond acceptors (Lipinski definition) is 5. The number of hydrogen-bond donors (Lipinski definition) is 1. The largest absolute Gasteiger partial charge is 0.463 e. The summed E-state index contributed by atoms with van der Waals surface area (Å²) < 4.78 is 9.86. The molecule has 94 valence electrons. The van der Waals surface area contributed by atoms with Gasteiger partial charge in [-0.1, -0.05) is 0 Å². The van der Waals surface area contributed by atoms with E-state index in [1.165, 1.54) is 13.4 Å². The van der Waals surface area contributed by atoms with Crippen LogP contribution < -0.4 is 5.32 Å². The molecule has 1 N–H and O–H groups in total. The van der Waals surface area contributed by atoms with Crippen LogP contribution in [-0.4, -0.2) is 43.7 Å². The molecule has 1 aromatic heterocycles. The van der Waals surface area contributed by atoms with Crippen LogP contribution >= 0.6 is 0 Å². The van der Waals surface area contributed by atoms with Crippen molar-refractivity contribution in [3.63, 3.8) is 0 Å². The van der Waals surface area contributed by atoms with Crippen molar-refractivity contribution in [2.24, 2.45) is 0 Å². The number of piperazine rings is 1. The van der Waals surface area contributed by atoms with Gasteiger partial charge in [-0.15, -0.1) is 0 Å². The third-order valence-corrected chi connectivity index (χ3v) is 3.13. The first-order chi connectivity index (χ1) is 8.22. The second-order valence-corrected chi connectivity index (χ2v) is 4.29. The summed E-state index contributed by atoms with van der Waals surface area (Å²) in [5.74, 6) is -0.0916. The Kier molecular flexibility index (Phi) is 3.81. The zero-order chi connectivity index (χ0) is 12.3. The van der Waals surface area contributed by atoms with Gasteiger partial charge >= 0.3 is 5.97 Å². The first-order valence-corrected chi connectivity index (χ1v) is 5.82. The molecule has 2 heterocycles. The Hall–Kier alpha value is -1.33. The molecule has 1 aliphatic heterocycles. The van der Waals surface area contributed by atoms with Crippen LogP contribution in [0.4, 0.5) is 0 Å². The number of carbonyl (C=O) groups is 1. The van der Waals surface area contributed by atoms with E-state index in [9.17, 15) is 4.79 Å². The molecule has 5 heteroatoms. The van der Waals surface area contributed by atoms with Gasteiger partial charge in [0.1, 0.15) is 0 Å².